The lowest BCUT2D eigenvalue weighted by atomic mass is 9.61. The summed E-state index contributed by atoms with van der Waals surface area (Å²) in [6.07, 6.45) is 1.07. The fourth-order valence-electron chi connectivity index (χ4n) is 20.3. The van der Waals surface area contributed by atoms with E-state index in [-0.39, 0.29) is 21.7 Å². The van der Waals surface area contributed by atoms with Gasteiger partial charge in [-0.3, -0.25) is 0 Å². The zero-order valence-electron chi connectivity index (χ0n) is 79.6. The fourth-order valence-corrected chi connectivity index (χ4v) is 20.3. The number of hydrogen-bond acceptors (Lipinski definition) is 4. The fraction of sp³-hybridized carbons (Fsp3) is 0.154. The van der Waals surface area contributed by atoms with E-state index in [1.807, 2.05) is 0 Å². The Labute approximate surface area is 793 Å². The summed E-state index contributed by atoms with van der Waals surface area (Å²) in [4.78, 5) is 9.64. The van der Waals surface area contributed by atoms with Crippen LogP contribution in [0.3, 0.4) is 0 Å². The minimum absolute atomic E-state index is 0.0909. The van der Waals surface area contributed by atoms with Crippen molar-refractivity contribution in [2.24, 2.45) is 0 Å². The Kier molecular flexibility index (Phi) is 23.1. The Morgan fingerprint density at radius 2 is 0.522 bits per heavy atom. The summed E-state index contributed by atoms with van der Waals surface area (Å²) in [7, 11) is 0. The molecule has 0 heterocycles. The van der Waals surface area contributed by atoms with Crippen molar-refractivity contribution in [1.29, 1.82) is 0 Å². The molecule has 0 saturated carbocycles. The third-order valence-electron chi connectivity index (χ3n) is 28.9. The van der Waals surface area contributed by atoms with Gasteiger partial charge in [-0.1, -0.05) is 349 Å². The van der Waals surface area contributed by atoms with E-state index in [4.69, 9.17) is 0 Å². The van der Waals surface area contributed by atoms with Crippen molar-refractivity contribution in [3.63, 3.8) is 0 Å². The molecule has 0 fully saturated rings. The summed E-state index contributed by atoms with van der Waals surface area (Å²) in [5.74, 6) is 0.379. The molecule has 19 aromatic carbocycles. The van der Waals surface area contributed by atoms with Gasteiger partial charge >= 0.3 is 0 Å². The largest absolute Gasteiger partial charge is 0.311 e. The predicted molar refractivity (Wildman–Crippen MR) is 574 cm³/mol. The van der Waals surface area contributed by atoms with Gasteiger partial charge in [0, 0.05) is 68.2 Å². The van der Waals surface area contributed by atoms with Crippen LogP contribution in [0.25, 0.3) is 99.4 Å². The number of benzene rings is 19. The molecule has 0 bridgehead atoms. The van der Waals surface area contributed by atoms with Crippen LogP contribution in [0.5, 0.6) is 0 Å². The van der Waals surface area contributed by atoms with Crippen molar-refractivity contribution in [2.45, 2.75) is 131 Å². The van der Waals surface area contributed by atoms with E-state index in [1.165, 1.54) is 127 Å². The zero-order valence-corrected chi connectivity index (χ0v) is 79.6. The average Bonchev–Trinajstić information content (AvgIpc) is 0.746. The maximum Gasteiger partial charge on any atom is 0.0467 e. The van der Waals surface area contributed by atoms with Crippen LogP contribution in [-0.2, 0) is 28.1 Å². The van der Waals surface area contributed by atoms with Crippen molar-refractivity contribution < 1.29 is 0 Å². The molecule has 1 aliphatic rings. The monoisotopic (exact) mass is 1730 g/mol. The lowest BCUT2D eigenvalue weighted by Crippen LogP contribution is -2.40. The van der Waals surface area contributed by atoms with Gasteiger partial charge in [-0.05, 0) is 362 Å². The number of rotatable bonds is 23. The van der Waals surface area contributed by atoms with Crippen molar-refractivity contribution >= 4 is 89.8 Å². The summed E-state index contributed by atoms with van der Waals surface area (Å²) >= 11 is 0. The molecule has 656 valence electrons. The van der Waals surface area contributed by atoms with Crippen LogP contribution in [-0.4, -0.2) is 0 Å². The molecule has 0 atom stereocenters. The van der Waals surface area contributed by atoms with Crippen LogP contribution in [0.2, 0.25) is 0 Å². The van der Waals surface area contributed by atoms with Crippen molar-refractivity contribution in [3.8, 4) is 77.9 Å². The number of hydrogen-bond donors (Lipinski definition) is 0. The van der Waals surface area contributed by atoms with E-state index in [0.717, 1.165) is 96.9 Å². The maximum absolute atomic E-state index is 2.44. The van der Waals surface area contributed by atoms with Gasteiger partial charge in [0.2, 0.25) is 0 Å². The first kappa shape index (κ1) is 86.9. The van der Waals surface area contributed by atoms with Gasteiger partial charge in [0.15, 0.2) is 0 Å². The first-order valence-electron chi connectivity index (χ1n) is 47.5. The molecule has 19 aromatic rings. The molecule has 0 N–H and O–H groups in total. The normalized spacial score (nSPS) is 12.5. The minimum Gasteiger partial charge on any atom is -0.311 e. The second kappa shape index (κ2) is 35.5. The SMILES string of the molecule is Cc1cccc(N(c2ccc(-c3ccc(C(C)(C)C(C)(C)c4ccc(N(c5ccc(-c6ccccc6)cc5)c5ccc(N(c6ccc(-c7ccccc7)cc6)c6ccc7c(c6)CC7(C)C)cc5)cc4)cc3)cc2)c2cccc(-c3ccc4ccc(C)c(-c5c(C)ccc6ccc(-c7cccc(N(c8ccc(-c9ccc(C(C)(C)C)cc9)cc8)c8cccc(C(C)C)c8)c7)cc56)c4c3)c2)c1. The van der Waals surface area contributed by atoms with Gasteiger partial charge in [0.1, 0.15) is 0 Å². The third-order valence-corrected chi connectivity index (χ3v) is 28.9. The zero-order chi connectivity index (χ0) is 92.3. The summed E-state index contributed by atoms with van der Waals surface area (Å²) in [5.41, 5.74) is 41.4. The van der Waals surface area contributed by atoms with Gasteiger partial charge in [0.05, 0.1) is 0 Å². The Morgan fingerprint density at radius 1 is 0.239 bits per heavy atom. The molecule has 0 aromatic heterocycles. The van der Waals surface area contributed by atoms with Crippen LogP contribution < -0.4 is 19.6 Å². The molecule has 0 unspecified atom stereocenters. The van der Waals surface area contributed by atoms with E-state index in [2.05, 4.69) is 547 Å². The highest BCUT2D eigenvalue weighted by atomic mass is 15.2. The molecule has 1 aliphatic carbocycles. The lowest BCUT2D eigenvalue weighted by Gasteiger charge is -2.43. The standard InChI is InChI=1S/C130H116N4/c1-87(2)101-30-22-34-118(80-101)134(113-69-55-97(56-70-113)93-45-57-107(58-46-93)127(6,7)8)120-36-24-32-103(82-120)105-44-42-100-40-38-90(5)126(123(100)85-105)125-89(4)37-39-99-41-43-104(84-122(99)125)102-31-23-35-119(81-102)133(117-33-21-25-88(3)79-117)112-67-53-98(54-68-112)94-47-59-108(60-48-94)129(11,12)130(13,14)109-61-71-114(72-62-109)131(110-63-49-95(50-64-110)91-26-17-15-18-27-91)115-73-75-116(76-74-115)132(121-77-78-124-106(83-121)86-128(124,9)10)111-65-51-96(52-66-111)92-28-19-16-20-29-92/h15-85,87H,86H2,1-14H3. The number of fused-ring (bicyclic) bond motifs is 3. The van der Waals surface area contributed by atoms with E-state index in [0.29, 0.717) is 5.92 Å². The molecule has 0 radical (unpaired) electrons. The second-order valence-corrected chi connectivity index (χ2v) is 40.0. The Bertz CT molecular complexity index is 7510. The van der Waals surface area contributed by atoms with E-state index in [1.54, 1.807) is 0 Å². The topological polar surface area (TPSA) is 13.0 Å². The molecule has 134 heavy (non-hydrogen) atoms. The molecule has 4 heteroatoms. The number of nitrogens with zero attached hydrogens (tertiary/aromatic N) is 4. The molecule has 20 rings (SSSR count). The summed E-state index contributed by atoms with van der Waals surface area (Å²) < 4.78 is 0. The van der Waals surface area contributed by atoms with E-state index < -0.39 is 0 Å². The van der Waals surface area contributed by atoms with Crippen LogP contribution in [0.1, 0.15) is 132 Å². The highest BCUT2D eigenvalue weighted by Crippen LogP contribution is 2.51. The summed E-state index contributed by atoms with van der Waals surface area (Å²) in [6, 6.07) is 161. The molecular formula is C130H116N4. The molecule has 0 amide bonds. The summed E-state index contributed by atoms with van der Waals surface area (Å²) in [5, 5.41) is 4.88. The molecule has 0 aliphatic heterocycles. The first-order chi connectivity index (χ1) is 64.8. The first-order valence-corrected chi connectivity index (χ1v) is 47.5. The van der Waals surface area contributed by atoms with Crippen molar-refractivity contribution in [2.75, 3.05) is 19.6 Å². The van der Waals surface area contributed by atoms with Crippen molar-refractivity contribution in [1.82, 2.24) is 0 Å². The van der Waals surface area contributed by atoms with Crippen molar-refractivity contribution in [3.05, 3.63) is 481 Å². The number of aryl methyl sites for hydroxylation is 3. The second-order valence-electron chi connectivity index (χ2n) is 40.0. The molecular weight excluding hydrogens is 1620 g/mol. The van der Waals surface area contributed by atoms with E-state index in [9.17, 15) is 0 Å². The average molecular weight is 1730 g/mol. The lowest BCUT2D eigenvalue weighted by molar-refractivity contribution is 0.303. The summed E-state index contributed by atoms with van der Waals surface area (Å²) in [6.45, 7) is 32.4. The predicted octanol–water partition coefficient (Wildman–Crippen LogP) is 37.0. The van der Waals surface area contributed by atoms with Crippen LogP contribution >= 0.6 is 0 Å². The molecule has 4 nitrogen and oxygen atoms in total. The molecule has 0 spiro atoms. The smallest absolute Gasteiger partial charge is 0.0467 e. The highest BCUT2D eigenvalue weighted by Gasteiger charge is 2.40. The van der Waals surface area contributed by atoms with Crippen LogP contribution in [0.15, 0.2) is 431 Å². The third kappa shape index (κ3) is 17.0. The van der Waals surface area contributed by atoms with Gasteiger partial charge < -0.3 is 19.6 Å². The van der Waals surface area contributed by atoms with E-state index >= 15 is 0 Å². The highest BCUT2D eigenvalue weighted by molar-refractivity contribution is 6.10. The number of anilines is 12. The van der Waals surface area contributed by atoms with Crippen LogP contribution in [0.4, 0.5) is 68.2 Å². The Morgan fingerprint density at radius 3 is 0.903 bits per heavy atom. The molecule has 0 saturated heterocycles. The Balaban J connectivity index is 0.569. The minimum atomic E-state index is -0.274. The Hall–Kier alpha value is -15.1. The van der Waals surface area contributed by atoms with Crippen LogP contribution in [0, 0.1) is 20.8 Å². The quantitative estimate of drug-likeness (QED) is 0.0633. The maximum atomic E-state index is 2.44. The van der Waals surface area contributed by atoms with Gasteiger partial charge in [-0.15, -0.1) is 0 Å². The van der Waals surface area contributed by atoms with Gasteiger partial charge in [-0.25, -0.2) is 0 Å². The van der Waals surface area contributed by atoms with Gasteiger partial charge in [-0.2, -0.15) is 0 Å². The van der Waals surface area contributed by atoms with Gasteiger partial charge in [0.25, 0.3) is 0 Å².